The molecule has 0 aliphatic carbocycles. The number of hydrogen-bond donors (Lipinski definition) is 4. The first-order chi connectivity index (χ1) is 25.3. The number of rotatable bonds is 8. The number of urea groups is 2. The van der Waals surface area contributed by atoms with Gasteiger partial charge in [0.05, 0.1) is 22.8 Å². The van der Waals surface area contributed by atoms with Crippen LogP contribution in [0, 0.1) is 11.8 Å². The lowest BCUT2D eigenvalue weighted by Gasteiger charge is -2.41. The van der Waals surface area contributed by atoms with Crippen molar-refractivity contribution < 1.29 is 37.5 Å². The van der Waals surface area contributed by atoms with Gasteiger partial charge in [0, 0.05) is 50.9 Å². The highest BCUT2D eigenvalue weighted by molar-refractivity contribution is 6.33. The molecule has 0 spiro atoms. The maximum atomic E-state index is 14.1. The molecule has 3 fully saturated rings. The Kier molecular flexibility index (Phi) is 11.9. The monoisotopic (exact) mass is 761 g/mol. The van der Waals surface area contributed by atoms with Crippen molar-refractivity contribution in [3.05, 3.63) is 58.1 Å². The number of carboxylic acids is 1. The number of hydrogen-bond acceptors (Lipinski definition) is 6. The fourth-order valence-corrected chi connectivity index (χ4v) is 8.65. The Bertz CT molecular complexity index is 1670. The molecular formula is C37H47ClF3N7O5. The third-order valence-corrected chi connectivity index (χ3v) is 11.7. The molecule has 4 aliphatic heterocycles. The lowest BCUT2D eigenvalue weighted by atomic mass is 9.78. The average molecular weight is 762 g/mol. The van der Waals surface area contributed by atoms with Gasteiger partial charge in [0.2, 0.25) is 5.91 Å². The predicted octanol–water partition coefficient (Wildman–Crippen LogP) is 5.15. The molecule has 2 aromatic rings. The summed E-state index contributed by atoms with van der Waals surface area (Å²) in [6.45, 7) is 3.53. The van der Waals surface area contributed by atoms with E-state index < -0.39 is 35.5 Å². The number of carbonyl (C=O) groups is 4. The molecule has 1 unspecified atom stereocenters. The number of anilines is 2. The van der Waals surface area contributed by atoms with E-state index in [2.05, 4.69) is 10.6 Å². The Labute approximate surface area is 311 Å². The van der Waals surface area contributed by atoms with E-state index in [1.807, 2.05) is 34.1 Å². The number of halogens is 4. The van der Waals surface area contributed by atoms with Crippen molar-refractivity contribution in [2.45, 2.75) is 69.6 Å². The largest absolute Gasteiger partial charge is 0.480 e. The minimum atomic E-state index is -4.77. The van der Waals surface area contributed by atoms with Crippen molar-refractivity contribution in [2.24, 2.45) is 11.8 Å². The number of alkyl halides is 3. The van der Waals surface area contributed by atoms with Crippen LogP contribution in [0.4, 0.5) is 34.1 Å². The zero-order valence-corrected chi connectivity index (χ0v) is 30.3. The molecule has 16 heteroatoms. The van der Waals surface area contributed by atoms with E-state index in [0.29, 0.717) is 76.9 Å². The second-order valence-electron chi connectivity index (χ2n) is 14.7. The van der Waals surface area contributed by atoms with E-state index in [-0.39, 0.29) is 41.5 Å². The molecule has 1 atom stereocenters. The third kappa shape index (κ3) is 9.29. The van der Waals surface area contributed by atoms with E-state index in [0.717, 1.165) is 43.0 Å². The van der Waals surface area contributed by atoms with E-state index in [1.54, 1.807) is 9.80 Å². The van der Waals surface area contributed by atoms with Crippen molar-refractivity contribution in [3.63, 3.8) is 0 Å². The summed E-state index contributed by atoms with van der Waals surface area (Å²) in [6, 6.07) is 7.93. The van der Waals surface area contributed by atoms with Crippen LogP contribution in [-0.2, 0) is 28.6 Å². The Morgan fingerprint density at radius 3 is 2.19 bits per heavy atom. The fourth-order valence-electron chi connectivity index (χ4n) is 8.41. The standard InChI is InChI=1S/C37H47ClF3N7O5/c38-29-20-23(19-28(33(29)42)37(39,40)41)21-31(34(51)46-14-7-25(8-15-46)24-5-12-45(13-6-24)22-32(49)50)44-35(52)47-16-10-27(11-17-47)48-18-9-26-3-1-2-4-30(26)43-36(48)53/h1-4,19-20,24-25,27,31H,5-18,21-22,42H2,(H,43,53)(H,44,52)(H,49,50). The van der Waals surface area contributed by atoms with E-state index in [1.165, 1.54) is 6.07 Å². The quantitative estimate of drug-likeness (QED) is 0.272. The van der Waals surface area contributed by atoms with Gasteiger partial charge in [0.15, 0.2) is 0 Å². The molecule has 5 N–H and O–H groups in total. The van der Waals surface area contributed by atoms with Crippen LogP contribution in [0.15, 0.2) is 36.4 Å². The summed E-state index contributed by atoms with van der Waals surface area (Å²) < 4.78 is 41.6. The molecule has 0 radical (unpaired) electrons. The number of para-hydroxylation sites is 1. The first-order valence-electron chi connectivity index (χ1n) is 18.4. The third-order valence-electron chi connectivity index (χ3n) is 11.4. The Morgan fingerprint density at radius 2 is 1.55 bits per heavy atom. The first kappa shape index (κ1) is 38.5. The summed E-state index contributed by atoms with van der Waals surface area (Å²) in [6.07, 6.45) is 0.0228. The van der Waals surface area contributed by atoms with Crippen LogP contribution in [0.5, 0.6) is 0 Å². The van der Waals surface area contributed by atoms with Crippen LogP contribution in [0.3, 0.4) is 0 Å². The number of nitrogen functional groups attached to an aromatic ring is 1. The van der Waals surface area contributed by atoms with Gasteiger partial charge in [-0.25, -0.2) is 9.59 Å². The second-order valence-corrected chi connectivity index (χ2v) is 15.1. The van der Waals surface area contributed by atoms with Gasteiger partial charge in [-0.05, 0) is 99.2 Å². The summed E-state index contributed by atoms with van der Waals surface area (Å²) >= 11 is 6.13. The number of nitrogens with zero attached hydrogens (tertiary/aromatic N) is 4. The number of likely N-dealkylation sites (tertiary alicyclic amines) is 3. The molecule has 5 amide bonds. The molecular weight excluding hydrogens is 715 g/mol. The smallest absolute Gasteiger partial charge is 0.418 e. The number of amides is 5. The van der Waals surface area contributed by atoms with Gasteiger partial charge in [-0.2, -0.15) is 13.2 Å². The van der Waals surface area contributed by atoms with Crippen molar-refractivity contribution in [1.29, 1.82) is 0 Å². The molecule has 0 aromatic heterocycles. The maximum absolute atomic E-state index is 14.1. The minimum Gasteiger partial charge on any atom is -0.480 e. The molecule has 3 saturated heterocycles. The molecule has 0 bridgehead atoms. The summed E-state index contributed by atoms with van der Waals surface area (Å²) in [5.41, 5.74) is 5.93. The van der Waals surface area contributed by atoms with Gasteiger partial charge in [0.25, 0.3) is 0 Å². The average Bonchev–Trinajstić information content (AvgIpc) is 3.30. The van der Waals surface area contributed by atoms with Crippen LogP contribution in [0.2, 0.25) is 5.02 Å². The van der Waals surface area contributed by atoms with Gasteiger partial charge < -0.3 is 36.2 Å². The Morgan fingerprint density at radius 1 is 0.925 bits per heavy atom. The van der Waals surface area contributed by atoms with Crippen molar-refractivity contribution in [1.82, 2.24) is 24.9 Å². The number of nitrogens with two attached hydrogens (primary N) is 1. The highest BCUT2D eigenvalue weighted by Crippen LogP contribution is 2.38. The SMILES string of the molecule is Nc1c(Cl)cc(CC(NC(=O)N2CCC(N3CCc4ccccc4NC3=O)CC2)C(=O)N2CCC(C3CCN(CC(=O)O)CC3)CC2)cc1C(F)(F)F. The van der Waals surface area contributed by atoms with Crippen molar-refractivity contribution in [2.75, 3.05) is 63.4 Å². The zero-order valence-electron chi connectivity index (χ0n) is 29.5. The Hall–Kier alpha value is -4.24. The number of carboxylic acid groups (broad SMARTS) is 1. The van der Waals surface area contributed by atoms with E-state index >= 15 is 0 Å². The van der Waals surface area contributed by atoms with Crippen LogP contribution >= 0.6 is 11.6 Å². The molecule has 288 valence electrons. The number of nitrogens with one attached hydrogen (secondary N) is 2. The van der Waals surface area contributed by atoms with Gasteiger partial charge in [-0.1, -0.05) is 29.8 Å². The summed E-state index contributed by atoms with van der Waals surface area (Å²) in [7, 11) is 0. The van der Waals surface area contributed by atoms with Crippen molar-refractivity contribution in [3.8, 4) is 0 Å². The summed E-state index contributed by atoms with van der Waals surface area (Å²) in [5.74, 6) is -0.439. The van der Waals surface area contributed by atoms with E-state index in [4.69, 9.17) is 22.4 Å². The van der Waals surface area contributed by atoms with Gasteiger partial charge in [0.1, 0.15) is 6.04 Å². The van der Waals surface area contributed by atoms with Crippen molar-refractivity contribution >= 4 is 46.9 Å². The summed E-state index contributed by atoms with van der Waals surface area (Å²) in [5, 5.41) is 14.7. The number of piperidine rings is 3. The molecule has 4 heterocycles. The maximum Gasteiger partial charge on any atom is 0.418 e. The van der Waals surface area contributed by atoms with Gasteiger partial charge in [-0.15, -0.1) is 0 Å². The lowest BCUT2D eigenvalue weighted by molar-refractivity contribution is -0.139. The normalized spacial score (nSPS) is 20.4. The Balaban J connectivity index is 1.10. The zero-order chi connectivity index (χ0) is 37.9. The highest BCUT2D eigenvalue weighted by Gasteiger charge is 2.38. The van der Waals surface area contributed by atoms with Gasteiger partial charge >= 0.3 is 24.2 Å². The minimum absolute atomic E-state index is 0.0271. The topological polar surface area (TPSA) is 152 Å². The van der Waals surface area contributed by atoms with Crippen LogP contribution < -0.4 is 16.4 Å². The molecule has 2 aromatic carbocycles. The molecule has 4 aliphatic rings. The number of aliphatic carboxylic acids is 1. The summed E-state index contributed by atoms with van der Waals surface area (Å²) in [4.78, 5) is 59.0. The van der Waals surface area contributed by atoms with Crippen LogP contribution in [0.1, 0.15) is 55.2 Å². The number of fused-ring (bicyclic) bond motifs is 1. The van der Waals surface area contributed by atoms with Gasteiger partial charge in [-0.3, -0.25) is 14.5 Å². The fraction of sp³-hybridized carbons (Fsp3) is 0.568. The molecule has 12 nitrogen and oxygen atoms in total. The second kappa shape index (κ2) is 16.4. The molecule has 53 heavy (non-hydrogen) atoms. The lowest BCUT2D eigenvalue weighted by Crippen LogP contribution is -2.57. The van der Waals surface area contributed by atoms with Crippen LogP contribution in [-0.4, -0.2) is 113 Å². The van der Waals surface area contributed by atoms with Crippen LogP contribution in [0.25, 0.3) is 0 Å². The molecule has 0 saturated carbocycles. The number of benzene rings is 2. The predicted molar refractivity (Wildman–Crippen MR) is 193 cm³/mol. The molecule has 6 rings (SSSR count). The number of carbonyl (C=O) groups excluding carboxylic acids is 3. The van der Waals surface area contributed by atoms with E-state index in [9.17, 15) is 32.3 Å². The first-order valence-corrected chi connectivity index (χ1v) is 18.7. The highest BCUT2D eigenvalue weighted by atomic mass is 35.5.